The first kappa shape index (κ1) is 9.83. The molecule has 2 bridgehead atoms. The Bertz CT molecular complexity index is 399. The van der Waals surface area contributed by atoms with Crippen LogP contribution in [0.2, 0.25) is 0 Å². The lowest BCUT2D eigenvalue weighted by atomic mass is 9.85. The van der Waals surface area contributed by atoms with E-state index in [1.807, 2.05) is 6.07 Å². The Morgan fingerprint density at radius 3 is 2.76 bits per heavy atom. The molecule has 3 saturated heterocycles. The molecule has 17 heavy (non-hydrogen) atoms. The van der Waals surface area contributed by atoms with Gasteiger partial charge in [-0.1, -0.05) is 0 Å². The van der Waals surface area contributed by atoms with Crippen molar-refractivity contribution in [2.45, 2.75) is 24.8 Å². The summed E-state index contributed by atoms with van der Waals surface area (Å²) in [7, 11) is 0. The van der Waals surface area contributed by atoms with Crippen LogP contribution in [-0.4, -0.2) is 46.8 Å². The van der Waals surface area contributed by atoms with Crippen molar-refractivity contribution in [1.29, 1.82) is 0 Å². The van der Waals surface area contributed by atoms with Crippen LogP contribution in [0.3, 0.4) is 0 Å². The molecule has 1 spiro atoms. The van der Waals surface area contributed by atoms with Crippen LogP contribution in [0.5, 0.6) is 0 Å². The van der Waals surface area contributed by atoms with Gasteiger partial charge in [-0.15, -0.1) is 5.10 Å². The number of anilines is 1. The van der Waals surface area contributed by atoms with Crippen LogP contribution < -0.4 is 4.90 Å². The maximum atomic E-state index is 4.24. The normalized spacial score (nSPS) is 39.4. The van der Waals surface area contributed by atoms with Crippen LogP contribution in [0.4, 0.5) is 5.82 Å². The Morgan fingerprint density at radius 2 is 2.12 bits per heavy atom. The lowest BCUT2D eigenvalue weighted by Crippen LogP contribution is -2.44. The highest BCUT2D eigenvalue weighted by atomic mass is 15.4. The van der Waals surface area contributed by atoms with Gasteiger partial charge in [0, 0.05) is 24.8 Å². The zero-order chi connectivity index (χ0) is 11.3. The van der Waals surface area contributed by atoms with Crippen molar-refractivity contribution < 1.29 is 0 Å². The highest BCUT2D eigenvalue weighted by molar-refractivity contribution is 5.40. The fourth-order valence-corrected chi connectivity index (χ4v) is 4.19. The molecule has 1 aromatic rings. The maximum Gasteiger partial charge on any atom is 0.151 e. The summed E-state index contributed by atoms with van der Waals surface area (Å²) in [5.74, 6) is 1.99. The van der Waals surface area contributed by atoms with Gasteiger partial charge < -0.3 is 4.90 Å². The highest BCUT2D eigenvalue weighted by Gasteiger charge is 2.55. The Morgan fingerprint density at radius 1 is 1.24 bits per heavy atom. The van der Waals surface area contributed by atoms with E-state index in [1.54, 1.807) is 6.20 Å². The Balaban J connectivity index is 1.61. The number of rotatable bonds is 1. The van der Waals surface area contributed by atoms with Gasteiger partial charge in [0.1, 0.15) is 0 Å². The highest BCUT2D eigenvalue weighted by Crippen LogP contribution is 2.48. The third kappa shape index (κ3) is 1.27. The van der Waals surface area contributed by atoms with Crippen molar-refractivity contribution in [3.63, 3.8) is 0 Å². The third-order valence-corrected chi connectivity index (χ3v) is 5.05. The van der Waals surface area contributed by atoms with Gasteiger partial charge in [0.05, 0.1) is 0 Å². The standard InChI is InChI=1S/C13H18N4/c1-2-12(15-14-6-1)16-9-5-13(10-16)11-3-7-17(13)8-4-11/h1-2,6,11H,3-5,7-10H2. The van der Waals surface area contributed by atoms with Crippen molar-refractivity contribution in [3.05, 3.63) is 18.3 Å². The van der Waals surface area contributed by atoms with E-state index in [1.165, 1.54) is 32.4 Å². The van der Waals surface area contributed by atoms with E-state index in [-0.39, 0.29) is 0 Å². The number of piperidine rings is 1. The van der Waals surface area contributed by atoms with E-state index in [9.17, 15) is 0 Å². The predicted octanol–water partition coefficient (Wildman–Crippen LogP) is 1.15. The van der Waals surface area contributed by atoms with Crippen LogP contribution in [0, 0.1) is 5.92 Å². The van der Waals surface area contributed by atoms with E-state index in [0.717, 1.165) is 24.8 Å². The topological polar surface area (TPSA) is 32.3 Å². The first-order chi connectivity index (χ1) is 8.38. The molecule has 1 unspecified atom stereocenters. The number of hydrogen-bond acceptors (Lipinski definition) is 4. The van der Waals surface area contributed by atoms with Gasteiger partial charge in [0.25, 0.3) is 0 Å². The largest absolute Gasteiger partial charge is 0.353 e. The number of hydrogen-bond donors (Lipinski definition) is 0. The molecule has 1 atom stereocenters. The third-order valence-electron chi connectivity index (χ3n) is 5.05. The molecule has 4 heteroatoms. The van der Waals surface area contributed by atoms with Gasteiger partial charge in [0.2, 0.25) is 0 Å². The molecule has 3 aliphatic heterocycles. The molecule has 0 aromatic carbocycles. The number of nitrogens with zero attached hydrogens (tertiary/aromatic N) is 4. The Kier molecular flexibility index (Phi) is 1.98. The lowest BCUT2D eigenvalue weighted by Gasteiger charge is -2.31. The lowest BCUT2D eigenvalue weighted by molar-refractivity contribution is 0.194. The van der Waals surface area contributed by atoms with Gasteiger partial charge >= 0.3 is 0 Å². The van der Waals surface area contributed by atoms with Gasteiger partial charge in [-0.3, -0.25) is 4.90 Å². The SMILES string of the molecule is c1cnnc(N2CCC3(C2)C2CCN3CC2)c1. The quantitative estimate of drug-likeness (QED) is 0.724. The molecule has 1 aromatic heterocycles. The fourth-order valence-electron chi connectivity index (χ4n) is 4.19. The molecule has 90 valence electrons. The zero-order valence-corrected chi connectivity index (χ0v) is 10.0. The van der Waals surface area contributed by atoms with Gasteiger partial charge in [-0.25, -0.2) is 0 Å². The van der Waals surface area contributed by atoms with Crippen molar-refractivity contribution in [2.24, 2.45) is 5.92 Å². The van der Waals surface area contributed by atoms with Crippen molar-refractivity contribution in [1.82, 2.24) is 15.1 Å². The molecule has 0 N–H and O–H groups in total. The summed E-state index contributed by atoms with van der Waals surface area (Å²) in [6.45, 7) is 4.94. The summed E-state index contributed by atoms with van der Waals surface area (Å²) in [4.78, 5) is 5.15. The van der Waals surface area contributed by atoms with Gasteiger partial charge in [0.15, 0.2) is 5.82 Å². The summed E-state index contributed by atoms with van der Waals surface area (Å²) in [5.41, 5.74) is 0.484. The summed E-state index contributed by atoms with van der Waals surface area (Å²) in [5, 5.41) is 8.24. The van der Waals surface area contributed by atoms with Crippen molar-refractivity contribution >= 4 is 5.82 Å². The molecule has 4 heterocycles. The number of aromatic nitrogens is 2. The predicted molar refractivity (Wildman–Crippen MR) is 65.9 cm³/mol. The van der Waals surface area contributed by atoms with Crippen molar-refractivity contribution in [3.8, 4) is 0 Å². The minimum absolute atomic E-state index is 0.484. The van der Waals surface area contributed by atoms with Crippen LogP contribution >= 0.6 is 0 Å². The molecule has 4 rings (SSSR count). The molecule has 0 radical (unpaired) electrons. The van der Waals surface area contributed by atoms with E-state index >= 15 is 0 Å². The first-order valence-corrected chi connectivity index (χ1v) is 6.66. The first-order valence-electron chi connectivity index (χ1n) is 6.66. The molecular formula is C13H18N4. The van der Waals surface area contributed by atoms with Crippen molar-refractivity contribution in [2.75, 3.05) is 31.1 Å². The average molecular weight is 230 g/mol. The zero-order valence-electron chi connectivity index (χ0n) is 10.0. The molecule has 0 aliphatic carbocycles. The van der Waals surface area contributed by atoms with Crippen LogP contribution in [0.15, 0.2) is 18.3 Å². The smallest absolute Gasteiger partial charge is 0.151 e. The minimum atomic E-state index is 0.484. The molecular weight excluding hydrogens is 212 g/mol. The van der Waals surface area contributed by atoms with Crippen LogP contribution in [0.25, 0.3) is 0 Å². The Hall–Kier alpha value is -1.16. The molecule has 4 nitrogen and oxygen atoms in total. The van der Waals surface area contributed by atoms with Gasteiger partial charge in [-0.2, -0.15) is 5.10 Å². The molecule has 3 fully saturated rings. The fraction of sp³-hybridized carbons (Fsp3) is 0.692. The summed E-state index contributed by atoms with van der Waals surface area (Å²) >= 11 is 0. The van der Waals surface area contributed by atoms with Gasteiger partial charge in [-0.05, 0) is 50.4 Å². The second-order valence-corrected chi connectivity index (χ2v) is 5.62. The van der Waals surface area contributed by atoms with E-state index in [4.69, 9.17) is 0 Å². The monoisotopic (exact) mass is 230 g/mol. The second kappa shape index (κ2) is 3.42. The Labute approximate surface area is 102 Å². The van der Waals surface area contributed by atoms with E-state index in [2.05, 4.69) is 26.1 Å². The summed E-state index contributed by atoms with van der Waals surface area (Å²) in [6.07, 6.45) is 5.88. The average Bonchev–Trinajstić information content (AvgIpc) is 3.08. The molecule has 0 amide bonds. The summed E-state index contributed by atoms with van der Waals surface area (Å²) < 4.78 is 0. The van der Waals surface area contributed by atoms with Crippen LogP contribution in [0.1, 0.15) is 19.3 Å². The molecule has 0 saturated carbocycles. The summed E-state index contributed by atoms with van der Waals surface area (Å²) in [6, 6.07) is 4.06. The second-order valence-electron chi connectivity index (χ2n) is 5.62. The minimum Gasteiger partial charge on any atom is -0.353 e. The van der Waals surface area contributed by atoms with E-state index in [0.29, 0.717) is 5.54 Å². The maximum absolute atomic E-state index is 4.24. The van der Waals surface area contributed by atoms with Crippen LogP contribution in [-0.2, 0) is 0 Å². The molecule has 3 aliphatic rings. The van der Waals surface area contributed by atoms with E-state index < -0.39 is 0 Å².